The number of hydrogen-bond acceptors (Lipinski definition) is 6. The van der Waals surface area contributed by atoms with Crippen LogP contribution in [0.4, 0.5) is 5.69 Å². The van der Waals surface area contributed by atoms with Crippen LogP contribution in [0, 0.1) is 0 Å². The maximum Gasteiger partial charge on any atom is 0.244 e. The average molecular weight is 626 g/mol. The molecule has 11 heteroatoms. The van der Waals surface area contributed by atoms with E-state index < -0.39 is 28.5 Å². The normalized spacial score (nSPS) is 15.5. The summed E-state index contributed by atoms with van der Waals surface area (Å²) in [5.41, 5.74) is 1.91. The molecule has 1 fully saturated rings. The molecule has 1 heterocycles. The van der Waals surface area contributed by atoms with Gasteiger partial charge in [0.25, 0.3) is 0 Å². The Labute approximate surface area is 257 Å². The SMILES string of the molecule is CS(=O)(=O)N(CC(=O)N(Cc1ccc(Cl)cc1)[C@H](Cc1ccccc1)C(=O)NC1CCCCC1)c1ccc2c(c1)OCO2. The van der Waals surface area contributed by atoms with Crippen molar-refractivity contribution in [2.75, 3.05) is 23.9 Å². The van der Waals surface area contributed by atoms with E-state index in [2.05, 4.69) is 5.32 Å². The van der Waals surface area contributed by atoms with Crippen LogP contribution in [0.2, 0.25) is 5.02 Å². The van der Waals surface area contributed by atoms with E-state index in [1.807, 2.05) is 30.3 Å². The third kappa shape index (κ3) is 8.00. The number of sulfonamides is 1. The Morgan fingerprint density at radius 3 is 2.33 bits per heavy atom. The Kier molecular flexibility index (Phi) is 9.77. The van der Waals surface area contributed by atoms with Gasteiger partial charge in [-0.15, -0.1) is 0 Å². The van der Waals surface area contributed by atoms with Gasteiger partial charge in [-0.1, -0.05) is 73.3 Å². The first-order valence-corrected chi connectivity index (χ1v) is 16.7. The summed E-state index contributed by atoms with van der Waals surface area (Å²) in [6.45, 7) is -0.388. The number of rotatable bonds is 11. The van der Waals surface area contributed by atoms with Crippen LogP contribution in [0.5, 0.6) is 11.5 Å². The number of hydrogen-bond donors (Lipinski definition) is 1. The number of benzene rings is 3. The summed E-state index contributed by atoms with van der Waals surface area (Å²) >= 11 is 6.13. The molecule has 3 aromatic rings. The minimum atomic E-state index is -3.90. The number of ether oxygens (including phenoxy) is 2. The lowest BCUT2D eigenvalue weighted by Crippen LogP contribution is -2.55. The van der Waals surface area contributed by atoms with Gasteiger partial charge in [0.15, 0.2) is 11.5 Å². The van der Waals surface area contributed by atoms with Crippen LogP contribution in [0.1, 0.15) is 43.2 Å². The second-order valence-corrected chi connectivity index (χ2v) is 13.3. The van der Waals surface area contributed by atoms with E-state index >= 15 is 0 Å². The number of carbonyl (C=O) groups excluding carboxylic acids is 2. The molecule has 3 aromatic carbocycles. The fourth-order valence-electron chi connectivity index (χ4n) is 5.54. The van der Waals surface area contributed by atoms with Gasteiger partial charge in [-0.3, -0.25) is 13.9 Å². The number of carbonyl (C=O) groups is 2. The molecule has 0 radical (unpaired) electrons. The Bertz CT molecular complexity index is 1530. The Morgan fingerprint density at radius 1 is 0.930 bits per heavy atom. The van der Waals surface area contributed by atoms with Crippen molar-refractivity contribution in [3.8, 4) is 11.5 Å². The van der Waals surface area contributed by atoms with Crippen molar-refractivity contribution < 1.29 is 27.5 Å². The molecule has 228 valence electrons. The quantitative estimate of drug-likeness (QED) is 0.324. The van der Waals surface area contributed by atoms with Crippen molar-refractivity contribution in [1.29, 1.82) is 0 Å². The summed E-state index contributed by atoms with van der Waals surface area (Å²) in [7, 11) is -3.90. The van der Waals surface area contributed by atoms with E-state index in [1.165, 1.54) is 11.0 Å². The zero-order chi connectivity index (χ0) is 30.4. The molecule has 5 rings (SSSR count). The van der Waals surface area contributed by atoms with Crippen LogP contribution in [-0.4, -0.2) is 56.8 Å². The van der Waals surface area contributed by atoms with Gasteiger partial charge in [-0.2, -0.15) is 0 Å². The number of anilines is 1. The second kappa shape index (κ2) is 13.7. The highest BCUT2D eigenvalue weighted by Crippen LogP contribution is 2.36. The lowest BCUT2D eigenvalue weighted by molar-refractivity contribution is -0.140. The fourth-order valence-corrected chi connectivity index (χ4v) is 6.51. The lowest BCUT2D eigenvalue weighted by Gasteiger charge is -2.35. The number of nitrogens with zero attached hydrogens (tertiary/aromatic N) is 2. The zero-order valence-corrected chi connectivity index (χ0v) is 25.6. The Morgan fingerprint density at radius 2 is 1.63 bits per heavy atom. The van der Waals surface area contributed by atoms with Gasteiger partial charge < -0.3 is 19.7 Å². The molecule has 0 saturated heterocycles. The van der Waals surface area contributed by atoms with Crippen molar-refractivity contribution >= 4 is 39.1 Å². The maximum atomic E-state index is 14.3. The number of halogens is 1. The highest BCUT2D eigenvalue weighted by Gasteiger charge is 2.34. The molecule has 1 saturated carbocycles. The predicted molar refractivity (Wildman–Crippen MR) is 166 cm³/mol. The highest BCUT2D eigenvalue weighted by atomic mass is 35.5. The summed E-state index contributed by atoms with van der Waals surface area (Å²) in [6, 6.07) is 20.4. The molecule has 1 N–H and O–H groups in total. The molecule has 0 aromatic heterocycles. The molecule has 1 atom stereocenters. The van der Waals surface area contributed by atoms with E-state index in [-0.39, 0.29) is 37.4 Å². The molecule has 0 unspecified atom stereocenters. The fraction of sp³-hybridized carbons (Fsp3) is 0.375. The van der Waals surface area contributed by atoms with E-state index in [4.69, 9.17) is 21.1 Å². The van der Waals surface area contributed by atoms with E-state index in [0.29, 0.717) is 16.5 Å². The molecule has 0 bridgehead atoms. The summed E-state index contributed by atoms with van der Waals surface area (Å²) in [6.07, 6.45) is 6.32. The van der Waals surface area contributed by atoms with Crippen LogP contribution in [0.25, 0.3) is 0 Å². The van der Waals surface area contributed by atoms with Crippen molar-refractivity contribution in [3.05, 3.63) is 88.9 Å². The number of nitrogens with one attached hydrogen (secondary N) is 1. The van der Waals surface area contributed by atoms with Gasteiger partial charge in [-0.05, 0) is 48.2 Å². The monoisotopic (exact) mass is 625 g/mol. The smallest absolute Gasteiger partial charge is 0.244 e. The van der Waals surface area contributed by atoms with Crippen LogP contribution in [0.3, 0.4) is 0 Å². The number of fused-ring (bicyclic) bond motifs is 1. The topological polar surface area (TPSA) is 105 Å². The number of amides is 2. The molecule has 1 aliphatic carbocycles. The Balaban J connectivity index is 1.49. The van der Waals surface area contributed by atoms with Crippen LogP contribution in [-0.2, 0) is 32.6 Å². The molecule has 0 spiro atoms. The van der Waals surface area contributed by atoms with Crippen molar-refractivity contribution in [1.82, 2.24) is 10.2 Å². The molecule has 9 nitrogen and oxygen atoms in total. The van der Waals surface area contributed by atoms with Gasteiger partial charge in [0.05, 0.1) is 11.9 Å². The largest absolute Gasteiger partial charge is 0.454 e. The maximum absolute atomic E-state index is 14.3. The summed E-state index contributed by atoms with van der Waals surface area (Å²) in [4.78, 5) is 29.7. The highest BCUT2D eigenvalue weighted by molar-refractivity contribution is 7.92. The van der Waals surface area contributed by atoms with Gasteiger partial charge in [0.2, 0.25) is 28.6 Å². The van der Waals surface area contributed by atoms with Crippen LogP contribution < -0.4 is 19.1 Å². The summed E-state index contributed by atoms with van der Waals surface area (Å²) in [5, 5.41) is 3.74. The first-order chi connectivity index (χ1) is 20.7. The van der Waals surface area contributed by atoms with E-state index in [0.717, 1.165) is 53.8 Å². The van der Waals surface area contributed by atoms with Gasteiger partial charge >= 0.3 is 0 Å². The third-order valence-corrected chi connectivity index (χ3v) is 9.20. The van der Waals surface area contributed by atoms with Gasteiger partial charge in [0.1, 0.15) is 12.6 Å². The first-order valence-electron chi connectivity index (χ1n) is 14.4. The molecular weight excluding hydrogens is 590 g/mol. The zero-order valence-electron chi connectivity index (χ0n) is 24.1. The molecule has 43 heavy (non-hydrogen) atoms. The standard InChI is InChI=1S/C32H36ClN3O6S/c1-43(39,40)36(27-16-17-29-30(19-27)42-22-41-29)21-31(37)35(20-24-12-14-25(33)15-13-24)28(18-23-8-4-2-5-9-23)32(38)34-26-10-6-3-7-11-26/h2,4-5,8-9,12-17,19,26,28H,3,6-7,10-11,18,20-22H2,1H3,(H,34,38)/t28-/m1/s1. The summed E-state index contributed by atoms with van der Waals surface area (Å²) in [5.74, 6) is 0.116. The van der Waals surface area contributed by atoms with Crippen LogP contribution in [0.15, 0.2) is 72.8 Å². The lowest BCUT2D eigenvalue weighted by atomic mass is 9.94. The first kappa shape index (κ1) is 30.7. The minimum absolute atomic E-state index is 0.0305. The van der Waals surface area contributed by atoms with Crippen molar-refractivity contribution in [2.24, 2.45) is 0 Å². The van der Waals surface area contributed by atoms with Gasteiger partial charge in [-0.25, -0.2) is 8.42 Å². The second-order valence-electron chi connectivity index (χ2n) is 11.0. The minimum Gasteiger partial charge on any atom is -0.454 e. The molecular formula is C32H36ClN3O6S. The predicted octanol–water partition coefficient (Wildman–Crippen LogP) is 4.92. The van der Waals surface area contributed by atoms with E-state index in [1.54, 1.807) is 36.4 Å². The van der Waals surface area contributed by atoms with Crippen LogP contribution >= 0.6 is 11.6 Å². The molecule has 2 amide bonds. The van der Waals surface area contributed by atoms with Crippen molar-refractivity contribution in [3.63, 3.8) is 0 Å². The Hall–Kier alpha value is -3.76. The third-order valence-electron chi connectivity index (χ3n) is 7.81. The van der Waals surface area contributed by atoms with E-state index in [9.17, 15) is 18.0 Å². The molecule has 2 aliphatic rings. The van der Waals surface area contributed by atoms with Gasteiger partial charge in [0, 0.05) is 30.1 Å². The molecule has 1 aliphatic heterocycles. The average Bonchev–Trinajstić information content (AvgIpc) is 3.47. The van der Waals surface area contributed by atoms with Crippen molar-refractivity contribution in [2.45, 2.75) is 57.2 Å². The summed E-state index contributed by atoms with van der Waals surface area (Å²) < 4.78 is 37.9.